The Labute approximate surface area is 123 Å². The molecule has 0 spiro atoms. The zero-order valence-electron chi connectivity index (χ0n) is 10.9. The first kappa shape index (κ1) is 14.6. The third-order valence-electron chi connectivity index (χ3n) is 3.47. The summed E-state index contributed by atoms with van der Waals surface area (Å²) in [6, 6.07) is 5.23. The molecule has 0 bridgehead atoms. The summed E-state index contributed by atoms with van der Waals surface area (Å²) in [4.78, 5) is 13.9. The van der Waals surface area contributed by atoms with Gasteiger partial charge in [0.1, 0.15) is 6.04 Å². The van der Waals surface area contributed by atoms with Gasteiger partial charge in [-0.1, -0.05) is 29.6 Å². The molecule has 0 saturated carbocycles. The van der Waals surface area contributed by atoms with Crippen molar-refractivity contribution < 1.29 is 9.53 Å². The van der Waals surface area contributed by atoms with Crippen molar-refractivity contribution in [2.45, 2.75) is 31.8 Å². The number of rotatable bonds is 3. The second-order valence-corrected chi connectivity index (χ2v) is 5.58. The van der Waals surface area contributed by atoms with E-state index in [1.54, 1.807) is 12.1 Å². The Morgan fingerprint density at radius 3 is 2.95 bits per heavy atom. The van der Waals surface area contributed by atoms with Gasteiger partial charge < -0.3 is 4.74 Å². The van der Waals surface area contributed by atoms with E-state index in [9.17, 15) is 4.79 Å². The highest BCUT2D eigenvalue weighted by molar-refractivity contribution is 6.33. The maximum atomic E-state index is 11.8. The van der Waals surface area contributed by atoms with Crippen molar-refractivity contribution in [3.8, 4) is 0 Å². The van der Waals surface area contributed by atoms with Crippen LogP contribution >= 0.6 is 23.2 Å². The zero-order valence-corrected chi connectivity index (χ0v) is 12.4. The van der Waals surface area contributed by atoms with Crippen LogP contribution in [0.15, 0.2) is 18.2 Å². The highest BCUT2D eigenvalue weighted by Crippen LogP contribution is 2.26. The normalized spacial score (nSPS) is 20.3. The van der Waals surface area contributed by atoms with Crippen molar-refractivity contribution in [2.24, 2.45) is 0 Å². The predicted molar refractivity (Wildman–Crippen MR) is 76.5 cm³/mol. The molecule has 0 aromatic heterocycles. The van der Waals surface area contributed by atoms with Crippen molar-refractivity contribution in [1.29, 1.82) is 0 Å². The number of likely N-dealkylation sites (tertiary alicyclic amines) is 1. The van der Waals surface area contributed by atoms with E-state index in [0.717, 1.165) is 31.4 Å². The first-order valence-corrected chi connectivity index (χ1v) is 7.13. The first-order chi connectivity index (χ1) is 9.11. The van der Waals surface area contributed by atoms with Gasteiger partial charge in [0.2, 0.25) is 0 Å². The van der Waals surface area contributed by atoms with E-state index in [1.165, 1.54) is 7.11 Å². The number of piperidine rings is 1. The second kappa shape index (κ2) is 6.60. The van der Waals surface area contributed by atoms with Crippen LogP contribution in [0.5, 0.6) is 0 Å². The molecule has 104 valence electrons. The van der Waals surface area contributed by atoms with Crippen molar-refractivity contribution in [2.75, 3.05) is 13.7 Å². The molecule has 3 nitrogen and oxygen atoms in total. The first-order valence-electron chi connectivity index (χ1n) is 6.37. The smallest absolute Gasteiger partial charge is 0.323 e. The molecule has 1 aromatic carbocycles. The molecular formula is C14H17Cl2NO2. The molecule has 1 aliphatic heterocycles. The molecule has 1 saturated heterocycles. The summed E-state index contributed by atoms with van der Waals surface area (Å²) < 4.78 is 4.87. The monoisotopic (exact) mass is 301 g/mol. The van der Waals surface area contributed by atoms with Crippen LogP contribution in [0.2, 0.25) is 10.0 Å². The van der Waals surface area contributed by atoms with Gasteiger partial charge in [-0.05, 0) is 43.1 Å². The number of esters is 1. The fraction of sp³-hybridized carbons (Fsp3) is 0.500. The van der Waals surface area contributed by atoms with Crippen LogP contribution in [0.3, 0.4) is 0 Å². The van der Waals surface area contributed by atoms with Gasteiger partial charge in [-0.3, -0.25) is 9.69 Å². The lowest BCUT2D eigenvalue weighted by atomic mass is 10.0. The molecule has 1 fully saturated rings. The number of halogens is 2. The summed E-state index contributed by atoms with van der Waals surface area (Å²) in [6.07, 6.45) is 2.98. The Hall–Kier alpha value is -0.770. The van der Waals surface area contributed by atoms with E-state index < -0.39 is 0 Å². The van der Waals surface area contributed by atoms with Crippen LogP contribution in [0, 0.1) is 0 Å². The van der Waals surface area contributed by atoms with Gasteiger partial charge in [0.15, 0.2) is 0 Å². The lowest BCUT2D eigenvalue weighted by Gasteiger charge is -2.33. The fourth-order valence-corrected chi connectivity index (χ4v) is 2.84. The Bertz CT molecular complexity index is 465. The van der Waals surface area contributed by atoms with Gasteiger partial charge in [0, 0.05) is 16.6 Å². The van der Waals surface area contributed by atoms with Crippen LogP contribution < -0.4 is 0 Å². The number of nitrogens with zero attached hydrogens (tertiary/aromatic N) is 1. The van der Waals surface area contributed by atoms with Gasteiger partial charge in [-0.2, -0.15) is 0 Å². The van der Waals surface area contributed by atoms with Crippen molar-refractivity contribution in [3.05, 3.63) is 33.8 Å². The minimum atomic E-state index is -0.172. The Morgan fingerprint density at radius 2 is 2.21 bits per heavy atom. The predicted octanol–water partition coefficient (Wildman–Crippen LogP) is 3.52. The van der Waals surface area contributed by atoms with Gasteiger partial charge in [0.05, 0.1) is 7.11 Å². The van der Waals surface area contributed by atoms with E-state index in [2.05, 4.69) is 4.90 Å². The molecule has 0 radical (unpaired) electrons. The summed E-state index contributed by atoms with van der Waals surface area (Å²) in [7, 11) is 1.43. The standard InChI is InChI=1S/C14H17Cl2NO2/c1-19-14(18)13-4-2-3-7-17(13)9-10-8-11(15)5-6-12(10)16/h5-6,8,13H,2-4,7,9H2,1H3. The minimum absolute atomic E-state index is 0.169. The van der Waals surface area contributed by atoms with Gasteiger partial charge in [-0.15, -0.1) is 0 Å². The van der Waals surface area contributed by atoms with Crippen LogP contribution in [0.4, 0.5) is 0 Å². The van der Waals surface area contributed by atoms with Gasteiger partial charge >= 0.3 is 5.97 Å². The number of carbonyl (C=O) groups is 1. The molecule has 2 rings (SSSR count). The molecule has 1 aromatic rings. The lowest BCUT2D eigenvalue weighted by Crippen LogP contribution is -2.44. The summed E-state index contributed by atoms with van der Waals surface area (Å²) >= 11 is 12.2. The second-order valence-electron chi connectivity index (χ2n) is 4.74. The SMILES string of the molecule is COC(=O)C1CCCCN1Cc1cc(Cl)ccc1Cl. The zero-order chi connectivity index (χ0) is 13.8. The topological polar surface area (TPSA) is 29.5 Å². The molecule has 1 unspecified atom stereocenters. The highest BCUT2D eigenvalue weighted by Gasteiger charge is 2.29. The van der Waals surface area contributed by atoms with Crippen molar-refractivity contribution in [3.63, 3.8) is 0 Å². The third-order valence-corrected chi connectivity index (χ3v) is 4.07. The number of ether oxygens (including phenoxy) is 1. The molecule has 0 aliphatic carbocycles. The van der Waals surface area contributed by atoms with E-state index >= 15 is 0 Å². The summed E-state index contributed by atoms with van der Waals surface area (Å²) in [5.41, 5.74) is 0.949. The lowest BCUT2D eigenvalue weighted by molar-refractivity contribution is -0.148. The average Bonchev–Trinajstić information content (AvgIpc) is 2.42. The Kier molecular flexibility index (Phi) is 5.08. The maximum Gasteiger partial charge on any atom is 0.323 e. The van der Waals surface area contributed by atoms with Crippen molar-refractivity contribution in [1.82, 2.24) is 4.90 Å². The molecular weight excluding hydrogens is 285 g/mol. The average molecular weight is 302 g/mol. The van der Waals surface area contributed by atoms with Crippen molar-refractivity contribution >= 4 is 29.2 Å². The van der Waals surface area contributed by atoms with Crippen LogP contribution in [-0.4, -0.2) is 30.6 Å². The molecule has 0 N–H and O–H groups in total. The summed E-state index contributed by atoms with van der Waals surface area (Å²) in [6.45, 7) is 1.50. The van der Waals surface area contributed by atoms with Gasteiger partial charge in [-0.25, -0.2) is 0 Å². The van der Waals surface area contributed by atoms with E-state index in [1.807, 2.05) is 6.07 Å². The van der Waals surface area contributed by atoms with E-state index in [4.69, 9.17) is 27.9 Å². The van der Waals surface area contributed by atoms with E-state index in [0.29, 0.717) is 16.6 Å². The number of hydrogen-bond donors (Lipinski definition) is 0. The van der Waals surface area contributed by atoms with Crippen LogP contribution in [-0.2, 0) is 16.1 Å². The summed E-state index contributed by atoms with van der Waals surface area (Å²) in [5.74, 6) is -0.169. The molecule has 1 atom stereocenters. The van der Waals surface area contributed by atoms with E-state index in [-0.39, 0.29) is 12.0 Å². The maximum absolute atomic E-state index is 11.8. The third kappa shape index (κ3) is 3.62. The molecule has 1 aliphatic rings. The summed E-state index contributed by atoms with van der Waals surface area (Å²) in [5, 5.41) is 1.34. The molecule has 19 heavy (non-hydrogen) atoms. The fourth-order valence-electron chi connectivity index (χ4n) is 2.47. The quantitative estimate of drug-likeness (QED) is 0.800. The largest absolute Gasteiger partial charge is 0.468 e. The number of methoxy groups -OCH3 is 1. The minimum Gasteiger partial charge on any atom is -0.468 e. The Balaban J connectivity index is 2.15. The van der Waals surface area contributed by atoms with Crippen LogP contribution in [0.25, 0.3) is 0 Å². The molecule has 5 heteroatoms. The van der Waals surface area contributed by atoms with Gasteiger partial charge in [0.25, 0.3) is 0 Å². The molecule has 0 amide bonds. The number of carbonyl (C=O) groups excluding carboxylic acids is 1. The Morgan fingerprint density at radius 1 is 1.42 bits per heavy atom. The molecule has 1 heterocycles. The number of benzene rings is 1. The number of hydrogen-bond acceptors (Lipinski definition) is 3. The van der Waals surface area contributed by atoms with Crippen LogP contribution in [0.1, 0.15) is 24.8 Å². The highest BCUT2D eigenvalue weighted by atomic mass is 35.5.